The Balaban J connectivity index is 1.44. The number of pyridine rings is 1. The number of fused-ring (bicyclic) bond motifs is 5. The molecule has 0 atom stereocenters. The highest BCUT2D eigenvalue weighted by Gasteiger charge is 2.35. The van der Waals surface area contributed by atoms with Crippen molar-refractivity contribution in [3.05, 3.63) is 151 Å². The quantitative estimate of drug-likeness (QED) is 0.197. The van der Waals surface area contributed by atoms with Crippen molar-refractivity contribution >= 4 is 32.4 Å². The van der Waals surface area contributed by atoms with E-state index in [-0.39, 0.29) is 0 Å². The Bertz CT molecular complexity index is 2410. The molecule has 0 saturated carbocycles. The molecule has 1 nitrogen and oxygen atoms in total. The summed E-state index contributed by atoms with van der Waals surface area (Å²) >= 11 is 0. The minimum absolute atomic E-state index is 0.322. The Kier molecular flexibility index (Phi) is 5.72. The van der Waals surface area contributed by atoms with Crippen LogP contribution in [0.2, 0.25) is 0 Å². The zero-order chi connectivity index (χ0) is 31.0. The molecule has 7 aromatic carbocycles. The maximum Gasteiger partial charge on any atom is 0.433 e. The SMILES string of the molecule is FC(F)(F)c1cc(-c2ccc3c4c(cccc24)-c2c-3c(-c3ccccc3)c3ccccc3c2-c2ccccc2)c2ccccc2n1. The van der Waals surface area contributed by atoms with Crippen LogP contribution in [0.3, 0.4) is 0 Å². The molecule has 0 N–H and O–H groups in total. The van der Waals surface area contributed by atoms with Gasteiger partial charge in [-0.3, -0.25) is 0 Å². The predicted octanol–water partition coefficient (Wildman–Crippen LogP) is 12.2. The van der Waals surface area contributed by atoms with Crippen LogP contribution in [0.4, 0.5) is 13.2 Å². The first-order chi connectivity index (χ1) is 22.5. The largest absolute Gasteiger partial charge is 0.433 e. The number of benzene rings is 7. The first-order valence-corrected chi connectivity index (χ1v) is 15.2. The third-order valence-corrected chi connectivity index (χ3v) is 9.22. The molecule has 9 rings (SSSR count). The second-order valence-corrected chi connectivity index (χ2v) is 11.7. The summed E-state index contributed by atoms with van der Waals surface area (Å²) in [4.78, 5) is 3.99. The Morgan fingerprint density at radius 2 is 0.891 bits per heavy atom. The van der Waals surface area contributed by atoms with Gasteiger partial charge in [0.05, 0.1) is 5.52 Å². The minimum atomic E-state index is -4.57. The number of rotatable bonds is 3. The van der Waals surface area contributed by atoms with Gasteiger partial charge in [-0.2, -0.15) is 13.2 Å². The van der Waals surface area contributed by atoms with Crippen molar-refractivity contribution in [3.63, 3.8) is 0 Å². The molecule has 4 heteroatoms. The van der Waals surface area contributed by atoms with Gasteiger partial charge in [0.15, 0.2) is 0 Å². The summed E-state index contributed by atoms with van der Waals surface area (Å²) in [5, 5.41) is 4.97. The van der Waals surface area contributed by atoms with Crippen LogP contribution in [0, 0.1) is 0 Å². The van der Waals surface area contributed by atoms with Crippen LogP contribution in [0.15, 0.2) is 146 Å². The molecular formula is C42H24F3N. The third kappa shape index (κ3) is 3.86. The lowest BCUT2D eigenvalue weighted by atomic mass is 9.82. The van der Waals surface area contributed by atoms with Crippen molar-refractivity contribution in [1.29, 1.82) is 0 Å². The van der Waals surface area contributed by atoms with Gasteiger partial charge in [0.2, 0.25) is 0 Å². The molecular weight excluding hydrogens is 575 g/mol. The van der Waals surface area contributed by atoms with Crippen molar-refractivity contribution in [2.24, 2.45) is 0 Å². The van der Waals surface area contributed by atoms with E-state index < -0.39 is 11.9 Å². The molecule has 0 bridgehead atoms. The summed E-state index contributed by atoms with van der Waals surface area (Å²) in [6, 6.07) is 48.1. The maximum atomic E-state index is 14.1. The van der Waals surface area contributed by atoms with E-state index in [1.807, 2.05) is 42.5 Å². The van der Waals surface area contributed by atoms with E-state index in [4.69, 9.17) is 0 Å². The fraction of sp³-hybridized carbons (Fsp3) is 0.0238. The molecule has 0 fully saturated rings. The van der Waals surface area contributed by atoms with E-state index in [1.165, 1.54) is 6.07 Å². The van der Waals surface area contributed by atoms with Crippen LogP contribution in [0.1, 0.15) is 5.69 Å². The lowest BCUT2D eigenvalue weighted by Gasteiger charge is -2.20. The molecule has 1 heterocycles. The fourth-order valence-corrected chi connectivity index (χ4v) is 7.39. The van der Waals surface area contributed by atoms with E-state index in [2.05, 4.69) is 89.9 Å². The monoisotopic (exact) mass is 599 g/mol. The lowest BCUT2D eigenvalue weighted by molar-refractivity contribution is -0.140. The molecule has 0 spiro atoms. The van der Waals surface area contributed by atoms with E-state index in [1.54, 1.807) is 12.1 Å². The highest BCUT2D eigenvalue weighted by Crippen LogP contribution is 2.58. The van der Waals surface area contributed by atoms with Crippen molar-refractivity contribution in [1.82, 2.24) is 4.98 Å². The topological polar surface area (TPSA) is 12.9 Å². The fourth-order valence-electron chi connectivity index (χ4n) is 7.39. The third-order valence-electron chi connectivity index (χ3n) is 9.22. The minimum Gasteiger partial charge on any atom is -0.243 e. The van der Waals surface area contributed by atoms with Gasteiger partial charge < -0.3 is 0 Å². The number of hydrogen-bond donors (Lipinski definition) is 0. The van der Waals surface area contributed by atoms with Gasteiger partial charge in [-0.15, -0.1) is 0 Å². The lowest BCUT2D eigenvalue weighted by Crippen LogP contribution is -2.08. The first kappa shape index (κ1) is 26.6. The number of alkyl halides is 3. The van der Waals surface area contributed by atoms with E-state index in [9.17, 15) is 13.2 Å². The maximum absolute atomic E-state index is 14.1. The standard InChI is InChI=1S/C42H24F3N/c43-42(44,45)36-24-34(28-16-9-10-21-35(28)46-36)27-22-23-33-39-29(27)19-11-20-32(39)40-37(25-12-3-1-4-13-25)30-17-7-8-18-31(30)38(41(33)40)26-14-5-2-6-15-26/h1-24H. The Morgan fingerprint density at radius 3 is 1.50 bits per heavy atom. The average Bonchev–Trinajstić information content (AvgIpc) is 3.42. The van der Waals surface area contributed by atoms with Crippen LogP contribution in [0.25, 0.3) is 88.1 Å². The summed E-state index contributed by atoms with van der Waals surface area (Å²) < 4.78 is 42.4. The van der Waals surface area contributed by atoms with Crippen LogP contribution in [-0.4, -0.2) is 4.98 Å². The van der Waals surface area contributed by atoms with Gasteiger partial charge in [0, 0.05) is 5.39 Å². The zero-order valence-corrected chi connectivity index (χ0v) is 24.4. The average molecular weight is 600 g/mol. The molecule has 46 heavy (non-hydrogen) atoms. The normalized spacial score (nSPS) is 12.2. The summed E-state index contributed by atoms with van der Waals surface area (Å²) in [5.74, 6) is 0. The van der Waals surface area contributed by atoms with Gasteiger partial charge in [0.25, 0.3) is 0 Å². The molecule has 0 unspecified atom stereocenters. The van der Waals surface area contributed by atoms with E-state index >= 15 is 0 Å². The van der Waals surface area contributed by atoms with Gasteiger partial charge in [0.1, 0.15) is 5.69 Å². The Labute approximate surface area is 263 Å². The van der Waals surface area contributed by atoms with Crippen molar-refractivity contribution in [2.45, 2.75) is 6.18 Å². The molecule has 0 aliphatic heterocycles. The summed E-state index contributed by atoms with van der Waals surface area (Å²) in [6.45, 7) is 0. The smallest absolute Gasteiger partial charge is 0.243 e. The number of nitrogens with zero attached hydrogens (tertiary/aromatic N) is 1. The molecule has 1 aliphatic carbocycles. The Hall–Kier alpha value is -5.74. The molecule has 0 radical (unpaired) electrons. The van der Waals surface area contributed by atoms with Crippen LogP contribution < -0.4 is 0 Å². The van der Waals surface area contributed by atoms with E-state index in [0.717, 1.165) is 71.6 Å². The predicted molar refractivity (Wildman–Crippen MR) is 182 cm³/mol. The summed E-state index contributed by atoms with van der Waals surface area (Å²) in [6.07, 6.45) is -4.57. The van der Waals surface area contributed by atoms with Gasteiger partial charge >= 0.3 is 6.18 Å². The number of hydrogen-bond acceptors (Lipinski definition) is 1. The molecule has 1 aliphatic rings. The highest BCUT2D eigenvalue weighted by atomic mass is 19.4. The molecule has 8 aromatic rings. The number of para-hydroxylation sites is 1. The zero-order valence-electron chi connectivity index (χ0n) is 24.4. The van der Waals surface area contributed by atoms with E-state index in [0.29, 0.717) is 16.5 Å². The summed E-state index contributed by atoms with van der Waals surface area (Å²) in [5.41, 5.74) is 9.73. The van der Waals surface area contributed by atoms with Gasteiger partial charge in [-0.05, 0) is 89.3 Å². The van der Waals surface area contributed by atoms with Crippen LogP contribution >= 0.6 is 0 Å². The van der Waals surface area contributed by atoms with Gasteiger partial charge in [-0.25, -0.2) is 4.98 Å². The first-order valence-electron chi connectivity index (χ1n) is 15.2. The highest BCUT2D eigenvalue weighted by molar-refractivity contribution is 6.29. The second kappa shape index (κ2) is 9.88. The molecule has 218 valence electrons. The molecule has 1 aromatic heterocycles. The van der Waals surface area contributed by atoms with Crippen molar-refractivity contribution < 1.29 is 13.2 Å². The number of aromatic nitrogens is 1. The number of halogens is 3. The Morgan fingerprint density at radius 1 is 0.391 bits per heavy atom. The molecule has 0 amide bonds. The van der Waals surface area contributed by atoms with Crippen molar-refractivity contribution in [3.8, 4) is 55.6 Å². The van der Waals surface area contributed by atoms with Crippen LogP contribution in [0.5, 0.6) is 0 Å². The molecule has 0 saturated heterocycles. The summed E-state index contributed by atoms with van der Waals surface area (Å²) in [7, 11) is 0. The van der Waals surface area contributed by atoms with Gasteiger partial charge in [-0.1, -0.05) is 133 Å². The van der Waals surface area contributed by atoms with Crippen molar-refractivity contribution in [2.75, 3.05) is 0 Å². The van der Waals surface area contributed by atoms with Crippen LogP contribution in [-0.2, 0) is 6.18 Å². The second-order valence-electron chi connectivity index (χ2n) is 11.7.